The van der Waals surface area contributed by atoms with Crippen molar-refractivity contribution in [2.45, 2.75) is 20.3 Å². The van der Waals surface area contributed by atoms with Crippen LogP contribution in [-0.2, 0) is 6.42 Å². The molecule has 0 aliphatic rings. The van der Waals surface area contributed by atoms with Gasteiger partial charge in [-0.1, -0.05) is 25.1 Å². The first-order valence-corrected chi connectivity index (χ1v) is 5.12. The standard InChI is InChI=1S/C13H11F3/c1-3-8-10-7(2)5-4-6-9(10)12(15)13(16)11(8)14/h4-6H,3H2,1-2H3. The van der Waals surface area contributed by atoms with E-state index in [1.54, 1.807) is 26.0 Å². The summed E-state index contributed by atoms with van der Waals surface area (Å²) in [6, 6.07) is 4.87. The van der Waals surface area contributed by atoms with E-state index in [1.165, 1.54) is 6.07 Å². The van der Waals surface area contributed by atoms with Gasteiger partial charge in [-0.15, -0.1) is 0 Å². The third-order valence-corrected chi connectivity index (χ3v) is 2.81. The Kier molecular flexibility index (Phi) is 2.62. The molecule has 0 aromatic heterocycles. The van der Waals surface area contributed by atoms with Crippen molar-refractivity contribution in [1.29, 1.82) is 0 Å². The summed E-state index contributed by atoms with van der Waals surface area (Å²) in [5.41, 5.74) is 0.999. The third-order valence-electron chi connectivity index (χ3n) is 2.81. The zero-order valence-electron chi connectivity index (χ0n) is 9.07. The van der Waals surface area contributed by atoms with Gasteiger partial charge < -0.3 is 0 Å². The van der Waals surface area contributed by atoms with Crippen molar-refractivity contribution < 1.29 is 13.2 Å². The molecule has 2 rings (SSSR count). The van der Waals surface area contributed by atoms with Crippen molar-refractivity contribution in [3.8, 4) is 0 Å². The van der Waals surface area contributed by atoms with E-state index in [0.29, 0.717) is 11.8 Å². The lowest BCUT2D eigenvalue weighted by Gasteiger charge is -2.11. The average Bonchev–Trinajstić information content (AvgIpc) is 2.28. The van der Waals surface area contributed by atoms with E-state index in [0.717, 1.165) is 5.56 Å². The fourth-order valence-corrected chi connectivity index (χ4v) is 2.04. The van der Waals surface area contributed by atoms with E-state index in [-0.39, 0.29) is 10.9 Å². The van der Waals surface area contributed by atoms with E-state index < -0.39 is 17.5 Å². The van der Waals surface area contributed by atoms with Crippen LogP contribution in [0, 0.1) is 24.4 Å². The van der Waals surface area contributed by atoms with Gasteiger partial charge in [0.1, 0.15) is 0 Å². The smallest absolute Gasteiger partial charge is 0.195 e. The fourth-order valence-electron chi connectivity index (χ4n) is 2.04. The van der Waals surface area contributed by atoms with E-state index >= 15 is 0 Å². The Morgan fingerprint density at radius 2 is 1.69 bits per heavy atom. The van der Waals surface area contributed by atoms with Crippen LogP contribution in [0.15, 0.2) is 18.2 Å². The molecule has 0 N–H and O–H groups in total. The van der Waals surface area contributed by atoms with Crippen LogP contribution in [0.5, 0.6) is 0 Å². The molecule has 0 fully saturated rings. The summed E-state index contributed by atoms with van der Waals surface area (Å²) in [4.78, 5) is 0. The van der Waals surface area contributed by atoms with Gasteiger partial charge >= 0.3 is 0 Å². The largest absolute Gasteiger partial charge is 0.203 e. The first kappa shape index (κ1) is 11.0. The quantitative estimate of drug-likeness (QED) is 0.639. The summed E-state index contributed by atoms with van der Waals surface area (Å²) in [7, 11) is 0. The van der Waals surface area contributed by atoms with Gasteiger partial charge in [0.2, 0.25) is 0 Å². The molecule has 0 nitrogen and oxygen atoms in total. The highest BCUT2D eigenvalue weighted by atomic mass is 19.2. The van der Waals surface area contributed by atoms with E-state index in [2.05, 4.69) is 0 Å². The second-order valence-corrected chi connectivity index (χ2v) is 3.77. The van der Waals surface area contributed by atoms with Crippen LogP contribution in [0.3, 0.4) is 0 Å². The normalized spacial score (nSPS) is 11.1. The maximum Gasteiger partial charge on any atom is 0.195 e. The first-order chi connectivity index (χ1) is 7.57. The summed E-state index contributed by atoms with van der Waals surface area (Å²) >= 11 is 0. The van der Waals surface area contributed by atoms with Gasteiger partial charge in [0.15, 0.2) is 17.5 Å². The summed E-state index contributed by atoms with van der Waals surface area (Å²) in [6.07, 6.45) is 0.338. The summed E-state index contributed by atoms with van der Waals surface area (Å²) in [5, 5.41) is 0.636. The minimum absolute atomic E-state index is 0.149. The van der Waals surface area contributed by atoms with Gasteiger partial charge in [-0.25, -0.2) is 13.2 Å². The highest BCUT2D eigenvalue weighted by Gasteiger charge is 2.19. The molecule has 0 aliphatic carbocycles. The number of aryl methyl sites for hydroxylation is 2. The molecule has 2 aromatic carbocycles. The topological polar surface area (TPSA) is 0 Å². The number of rotatable bonds is 1. The molecule has 0 heterocycles. The number of hydrogen-bond acceptors (Lipinski definition) is 0. The Morgan fingerprint density at radius 1 is 1.00 bits per heavy atom. The molecule has 16 heavy (non-hydrogen) atoms. The molecule has 0 atom stereocenters. The summed E-state index contributed by atoms with van der Waals surface area (Å²) in [5.74, 6) is -3.55. The van der Waals surface area contributed by atoms with Crippen molar-refractivity contribution in [2.24, 2.45) is 0 Å². The van der Waals surface area contributed by atoms with Gasteiger partial charge in [0.05, 0.1) is 0 Å². The molecule has 0 amide bonds. The SMILES string of the molecule is CCc1c(F)c(F)c(F)c2cccc(C)c12. The first-order valence-electron chi connectivity index (χ1n) is 5.12. The van der Waals surface area contributed by atoms with Gasteiger partial charge in [-0.2, -0.15) is 0 Å². The summed E-state index contributed by atoms with van der Waals surface area (Å²) < 4.78 is 40.4. The van der Waals surface area contributed by atoms with Crippen molar-refractivity contribution in [3.05, 3.63) is 46.8 Å². The number of halogens is 3. The van der Waals surface area contributed by atoms with Gasteiger partial charge in [-0.3, -0.25) is 0 Å². The number of hydrogen-bond donors (Lipinski definition) is 0. The van der Waals surface area contributed by atoms with Gasteiger partial charge in [0.25, 0.3) is 0 Å². The Balaban J connectivity index is 3.05. The van der Waals surface area contributed by atoms with Crippen LogP contribution in [0.4, 0.5) is 13.2 Å². The number of benzene rings is 2. The molecule has 0 saturated heterocycles. The molecule has 2 aromatic rings. The molecule has 0 spiro atoms. The fraction of sp³-hybridized carbons (Fsp3) is 0.231. The lowest BCUT2D eigenvalue weighted by Crippen LogP contribution is -2.00. The lowest BCUT2D eigenvalue weighted by molar-refractivity contribution is 0.448. The molecule has 0 aliphatic heterocycles. The Labute approximate surface area is 91.7 Å². The van der Waals surface area contributed by atoms with Crippen molar-refractivity contribution in [2.75, 3.05) is 0 Å². The molecule has 0 saturated carbocycles. The zero-order chi connectivity index (χ0) is 11.9. The van der Waals surface area contributed by atoms with Crippen LogP contribution >= 0.6 is 0 Å². The highest BCUT2D eigenvalue weighted by molar-refractivity contribution is 5.89. The Morgan fingerprint density at radius 3 is 2.31 bits per heavy atom. The number of fused-ring (bicyclic) bond motifs is 1. The van der Waals surface area contributed by atoms with E-state index in [4.69, 9.17) is 0 Å². The van der Waals surface area contributed by atoms with Crippen LogP contribution in [0.25, 0.3) is 10.8 Å². The van der Waals surface area contributed by atoms with Crippen molar-refractivity contribution >= 4 is 10.8 Å². The third kappa shape index (κ3) is 1.39. The molecule has 0 bridgehead atoms. The van der Waals surface area contributed by atoms with Crippen molar-refractivity contribution in [1.82, 2.24) is 0 Å². The van der Waals surface area contributed by atoms with Gasteiger partial charge in [-0.05, 0) is 29.9 Å². The molecule has 3 heteroatoms. The molecular weight excluding hydrogens is 213 g/mol. The second kappa shape index (κ2) is 3.81. The molecule has 0 unspecified atom stereocenters. The minimum atomic E-state index is -1.38. The molecule has 0 radical (unpaired) electrons. The predicted molar refractivity (Wildman–Crippen MR) is 57.9 cm³/mol. The molecule has 84 valence electrons. The monoisotopic (exact) mass is 224 g/mol. The maximum atomic E-state index is 13.6. The van der Waals surface area contributed by atoms with Gasteiger partial charge in [0, 0.05) is 5.39 Å². The van der Waals surface area contributed by atoms with E-state index in [9.17, 15) is 13.2 Å². The maximum absolute atomic E-state index is 13.6. The van der Waals surface area contributed by atoms with Crippen LogP contribution in [-0.4, -0.2) is 0 Å². The van der Waals surface area contributed by atoms with E-state index in [1.807, 2.05) is 0 Å². The van der Waals surface area contributed by atoms with Crippen LogP contribution in [0.1, 0.15) is 18.1 Å². The van der Waals surface area contributed by atoms with Crippen LogP contribution in [0.2, 0.25) is 0 Å². The zero-order valence-corrected chi connectivity index (χ0v) is 9.07. The predicted octanol–water partition coefficient (Wildman–Crippen LogP) is 4.13. The Hall–Kier alpha value is -1.51. The summed E-state index contributed by atoms with van der Waals surface area (Å²) in [6.45, 7) is 3.49. The average molecular weight is 224 g/mol. The van der Waals surface area contributed by atoms with Crippen LogP contribution < -0.4 is 0 Å². The highest BCUT2D eigenvalue weighted by Crippen LogP contribution is 2.30. The second-order valence-electron chi connectivity index (χ2n) is 3.77. The lowest BCUT2D eigenvalue weighted by atomic mass is 9.97. The van der Waals surface area contributed by atoms with Crippen molar-refractivity contribution in [3.63, 3.8) is 0 Å². The minimum Gasteiger partial charge on any atom is -0.203 e. The molecular formula is C13H11F3. The Bertz CT molecular complexity index is 559.